The summed E-state index contributed by atoms with van der Waals surface area (Å²) in [4.78, 5) is 13.2. The second-order valence-electron chi connectivity index (χ2n) is 6.72. The van der Waals surface area contributed by atoms with E-state index in [1.807, 2.05) is 19.1 Å². The van der Waals surface area contributed by atoms with Crippen molar-refractivity contribution in [3.8, 4) is 0 Å². The molecule has 0 saturated carbocycles. The molecule has 2 aromatic rings. The lowest BCUT2D eigenvalue weighted by atomic mass is 9.96. The maximum atomic E-state index is 11.4. The molecule has 1 aliphatic rings. The molecule has 0 N–H and O–H groups in total. The van der Waals surface area contributed by atoms with Crippen molar-refractivity contribution >= 4 is 11.4 Å². The van der Waals surface area contributed by atoms with E-state index in [-0.39, 0.29) is 16.5 Å². The largest absolute Gasteiger partial charge is 0.365 e. The van der Waals surface area contributed by atoms with Gasteiger partial charge >= 0.3 is 0 Å². The Hall–Kier alpha value is -2.44. The van der Waals surface area contributed by atoms with Gasteiger partial charge in [-0.2, -0.15) is 0 Å². The lowest BCUT2D eigenvalue weighted by Crippen LogP contribution is -2.36. The molecule has 0 amide bonds. The molecule has 0 spiro atoms. The number of anilines is 1. The molecular weight excluding hydrogens is 306 g/mol. The molecule has 7 heteroatoms. The fourth-order valence-electron chi connectivity index (χ4n) is 3.40. The maximum Gasteiger partial charge on any atom is 0.292 e. The van der Waals surface area contributed by atoms with Gasteiger partial charge in [-0.25, -0.2) is 0 Å². The normalized spacial score (nSPS) is 18.2. The van der Waals surface area contributed by atoms with Crippen LogP contribution in [0.3, 0.4) is 0 Å². The Labute approximate surface area is 141 Å². The maximum absolute atomic E-state index is 11.4. The minimum Gasteiger partial charge on any atom is -0.365 e. The Kier molecular flexibility index (Phi) is 4.51. The second kappa shape index (κ2) is 6.59. The first kappa shape index (κ1) is 16.4. The smallest absolute Gasteiger partial charge is 0.292 e. The van der Waals surface area contributed by atoms with Gasteiger partial charge in [-0.1, -0.05) is 6.07 Å². The lowest BCUT2D eigenvalue weighted by Gasteiger charge is -2.34. The standard InChI is InChI=1S/C17H23N5O2/c1-12(2)21-11-18-19-17(21)14-5-4-8-20(10-14)15-7-6-13(3)9-16(15)22(23)24/h6-7,9,11-12,14H,4-5,8,10H2,1-3H3. The van der Waals surface area contributed by atoms with Crippen LogP contribution in [0.5, 0.6) is 0 Å². The molecule has 1 aromatic carbocycles. The van der Waals surface area contributed by atoms with E-state index in [2.05, 4.69) is 33.5 Å². The molecule has 1 aromatic heterocycles. The van der Waals surface area contributed by atoms with Crippen LogP contribution < -0.4 is 4.90 Å². The van der Waals surface area contributed by atoms with Crippen molar-refractivity contribution in [2.45, 2.75) is 45.6 Å². The Morgan fingerprint density at radius 3 is 2.88 bits per heavy atom. The number of hydrogen-bond acceptors (Lipinski definition) is 5. The van der Waals surface area contributed by atoms with Crippen LogP contribution >= 0.6 is 0 Å². The third kappa shape index (κ3) is 3.11. The number of aryl methyl sites for hydroxylation is 1. The van der Waals surface area contributed by atoms with Crippen LogP contribution in [0.2, 0.25) is 0 Å². The number of nitro benzene ring substituents is 1. The monoisotopic (exact) mass is 329 g/mol. The lowest BCUT2D eigenvalue weighted by molar-refractivity contribution is -0.384. The van der Waals surface area contributed by atoms with Gasteiger partial charge < -0.3 is 9.47 Å². The number of hydrogen-bond donors (Lipinski definition) is 0. The third-order valence-corrected chi connectivity index (χ3v) is 4.61. The second-order valence-corrected chi connectivity index (χ2v) is 6.72. The first-order chi connectivity index (χ1) is 11.5. The zero-order valence-corrected chi connectivity index (χ0v) is 14.3. The molecule has 3 rings (SSSR count). The van der Waals surface area contributed by atoms with E-state index in [9.17, 15) is 10.1 Å². The number of benzene rings is 1. The van der Waals surface area contributed by atoms with Gasteiger partial charge in [-0.15, -0.1) is 10.2 Å². The number of piperidine rings is 1. The molecule has 1 fully saturated rings. The predicted molar refractivity (Wildman–Crippen MR) is 92.4 cm³/mol. The molecule has 7 nitrogen and oxygen atoms in total. The van der Waals surface area contributed by atoms with Gasteiger partial charge in [0.05, 0.1) is 4.92 Å². The number of aromatic nitrogens is 3. The number of nitrogens with zero attached hydrogens (tertiary/aromatic N) is 5. The minimum atomic E-state index is -0.289. The van der Waals surface area contributed by atoms with Crippen molar-refractivity contribution in [3.05, 3.63) is 46.0 Å². The average Bonchev–Trinajstić information content (AvgIpc) is 3.05. The van der Waals surface area contributed by atoms with E-state index in [1.54, 1.807) is 12.4 Å². The highest BCUT2D eigenvalue weighted by Crippen LogP contribution is 2.35. The van der Waals surface area contributed by atoms with Gasteiger partial charge in [0.1, 0.15) is 17.8 Å². The first-order valence-corrected chi connectivity index (χ1v) is 8.36. The van der Waals surface area contributed by atoms with Crippen LogP contribution in [0.25, 0.3) is 0 Å². The van der Waals surface area contributed by atoms with Gasteiger partial charge in [-0.05, 0) is 45.2 Å². The summed E-state index contributed by atoms with van der Waals surface area (Å²) in [6, 6.07) is 5.75. The van der Waals surface area contributed by atoms with Crippen LogP contribution in [-0.2, 0) is 0 Å². The molecule has 1 aliphatic heterocycles. The summed E-state index contributed by atoms with van der Waals surface area (Å²) in [5.41, 5.74) is 1.78. The number of nitro groups is 1. The highest BCUT2D eigenvalue weighted by Gasteiger charge is 2.29. The Morgan fingerprint density at radius 2 is 2.17 bits per heavy atom. The van der Waals surface area contributed by atoms with Crippen LogP contribution in [0.15, 0.2) is 24.5 Å². The van der Waals surface area contributed by atoms with Crippen LogP contribution in [0.4, 0.5) is 11.4 Å². The van der Waals surface area contributed by atoms with E-state index in [0.29, 0.717) is 11.7 Å². The highest BCUT2D eigenvalue weighted by molar-refractivity contribution is 5.64. The summed E-state index contributed by atoms with van der Waals surface area (Å²) in [5.74, 6) is 1.22. The van der Waals surface area contributed by atoms with E-state index in [1.165, 1.54) is 0 Å². The van der Waals surface area contributed by atoms with Crippen molar-refractivity contribution in [3.63, 3.8) is 0 Å². The highest BCUT2D eigenvalue weighted by atomic mass is 16.6. The minimum absolute atomic E-state index is 0.181. The van der Waals surface area contributed by atoms with E-state index >= 15 is 0 Å². The summed E-state index contributed by atoms with van der Waals surface area (Å²) in [7, 11) is 0. The zero-order valence-electron chi connectivity index (χ0n) is 14.3. The summed E-state index contributed by atoms with van der Waals surface area (Å²) in [5, 5.41) is 19.8. The average molecular weight is 329 g/mol. The number of rotatable bonds is 4. The first-order valence-electron chi connectivity index (χ1n) is 8.36. The topological polar surface area (TPSA) is 77.1 Å². The van der Waals surface area contributed by atoms with Gasteiger partial charge in [0.2, 0.25) is 0 Å². The summed E-state index contributed by atoms with van der Waals surface area (Å²) in [6.07, 6.45) is 3.79. The Balaban J connectivity index is 1.89. The molecule has 24 heavy (non-hydrogen) atoms. The summed E-state index contributed by atoms with van der Waals surface area (Å²) in [6.45, 7) is 7.66. The summed E-state index contributed by atoms with van der Waals surface area (Å²) >= 11 is 0. The fraction of sp³-hybridized carbons (Fsp3) is 0.529. The molecule has 1 unspecified atom stereocenters. The van der Waals surface area contributed by atoms with Crippen molar-refractivity contribution in [2.75, 3.05) is 18.0 Å². The van der Waals surface area contributed by atoms with E-state index < -0.39 is 0 Å². The third-order valence-electron chi connectivity index (χ3n) is 4.61. The van der Waals surface area contributed by atoms with Crippen LogP contribution in [0.1, 0.15) is 50.0 Å². The van der Waals surface area contributed by atoms with Crippen LogP contribution in [0, 0.1) is 17.0 Å². The Morgan fingerprint density at radius 1 is 1.38 bits per heavy atom. The van der Waals surface area contributed by atoms with E-state index in [0.717, 1.165) is 37.3 Å². The van der Waals surface area contributed by atoms with Gasteiger partial charge in [0.25, 0.3) is 5.69 Å². The van der Waals surface area contributed by atoms with E-state index in [4.69, 9.17) is 0 Å². The van der Waals surface area contributed by atoms with Crippen molar-refractivity contribution < 1.29 is 4.92 Å². The molecular formula is C17H23N5O2. The van der Waals surface area contributed by atoms with Crippen molar-refractivity contribution in [1.29, 1.82) is 0 Å². The Bertz CT molecular complexity index is 740. The molecule has 128 valence electrons. The molecule has 2 heterocycles. The molecule has 1 saturated heterocycles. The van der Waals surface area contributed by atoms with Crippen molar-refractivity contribution in [2.24, 2.45) is 0 Å². The SMILES string of the molecule is Cc1ccc(N2CCCC(c3nncn3C(C)C)C2)c([N+](=O)[O-])c1. The van der Waals surface area contributed by atoms with Gasteiger partial charge in [-0.3, -0.25) is 10.1 Å². The predicted octanol–water partition coefficient (Wildman–Crippen LogP) is 3.46. The van der Waals surface area contributed by atoms with Crippen LogP contribution in [-0.4, -0.2) is 32.8 Å². The molecule has 0 aliphatic carbocycles. The molecule has 1 atom stereocenters. The fourth-order valence-corrected chi connectivity index (χ4v) is 3.40. The zero-order chi connectivity index (χ0) is 17.3. The van der Waals surface area contributed by atoms with Gasteiger partial charge in [0.15, 0.2) is 0 Å². The quantitative estimate of drug-likeness (QED) is 0.634. The van der Waals surface area contributed by atoms with Gasteiger partial charge in [0, 0.05) is 31.1 Å². The summed E-state index contributed by atoms with van der Waals surface area (Å²) < 4.78 is 2.09. The molecule has 0 bridgehead atoms. The molecule has 0 radical (unpaired) electrons. The van der Waals surface area contributed by atoms with Crippen molar-refractivity contribution in [1.82, 2.24) is 14.8 Å².